The molecule has 3 nitrogen and oxygen atoms in total. The maximum Gasteiger partial charge on any atom is 0.152 e. The van der Waals surface area contributed by atoms with E-state index in [9.17, 15) is 0 Å². The zero-order valence-corrected chi connectivity index (χ0v) is 30.3. The van der Waals surface area contributed by atoms with Crippen molar-refractivity contribution in [3.8, 4) is 22.6 Å². The summed E-state index contributed by atoms with van der Waals surface area (Å²) in [6, 6.07) is 57.9. The Bertz CT molecular complexity index is 2840. The number of para-hydroxylation sites is 1. The van der Waals surface area contributed by atoms with Crippen LogP contribution in [0, 0.1) is 0 Å². The third-order valence-electron chi connectivity index (χ3n) is 12.2. The summed E-state index contributed by atoms with van der Waals surface area (Å²) < 4.78 is 6.74. The molecule has 0 amide bonds. The van der Waals surface area contributed by atoms with E-state index < -0.39 is 0 Å². The van der Waals surface area contributed by atoms with Crippen molar-refractivity contribution >= 4 is 55.7 Å². The summed E-state index contributed by atoms with van der Waals surface area (Å²) in [6.07, 6.45) is 0. The lowest BCUT2D eigenvalue weighted by atomic mass is 9.72. The second-order valence-corrected chi connectivity index (χ2v) is 15.8. The lowest BCUT2D eigenvalue weighted by Crippen LogP contribution is -2.34. The molecule has 11 rings (SSSR count). The van der Waals surface area contributed by atoms with Gasteiger partial charge < -0.3 is 14.5 Å². The Kier molecular flexibility index (Phi) is 6.07. The Balaban J connectivity index is 1.22. The van der Waals surface area contributed by atoms with E-state index in [4.69, 9.17) is 4.74 Å². The Morgan fingerprint density at radius 2 is 1.11 bits per heavy atom. The van der Waals surface area contributed by atoms with Crippen LogP contribution in [0.4, 0.5) is 34.1 Å². The van der Waals surface area contributed by atoms with Crippen LogP contribution in [0.25, 0.3) is 32.7 Å². The van der Waals surface area contributed by atoms with Crippen LogP contribution in [-0.2, 0) is 10.8 Å². The van der Waals surface area contributed by atoms with Crippen molar-refractivity contribution in [3.63, 3.8) is 0 Å². The Morgan fingerprint density at radius 1 is 0.472 bits per heavy atom. The molecule has 0 saturated heterocycles. The molecule has 0 saturated carbocycles. The van der Waals surface area contributed by atoms with E-state index in [1.165, 1.54) is 66.3 Å². The van der Waals surface area contributed by atoms with E-state index in [2.05, 4.69) is 195 Å². The van der Waals surface area contributed by atoms with Crippen LogP contribution in [0.1, 0.15) is 49.9 Å². The fraction of sp³-hybridized carbons (Fsp3) is 0.120. The maximum atomic E-state index is 6.74. The molecule has 0 unspecified atom stereocenters. The van der Waals surface area contributed by atoms with Gasteiger partial charge in [-0.25, -0.2) is 0 Å². The third-order valence-corrected chi connectivity index (χ3v) is 12.2. The fourth-order valence-electron chi connectivity index (χ4n) is 9.68. The zero-order chi connectivity index (χ0) is 35.6. The molecule has 3 heteroatoms. The largest absolute Gasteiger partial charge is 0.453 e. The molecule has 2 heterocycles. The van der Waals surface area contributed by atoms with Crippen LogP contribution in [0.3, 0.4) is 0 Å². The zero-order valence-electron chi connectivity index (χ0n) is 30.3. The molecule has 0 spiro atoms. The lowest BCUT2D eigenvalue weighted by Gasteiger charge is -2.47. The molecule has 8 aromatic rings. The van der Waals surface area contributed by atoms with Gasteiger partial charge in [0, 0.05) is 32.9 Å². The summed E-state index contributed by atoms with van der Waals surface area (Å²) in [5.74, 6) is 1.76. The summed E-state index contributed by atoms with van der Waals surface area (Å²) in [7, 11) is 0. The Morgan fingerprint density at radius 3 is 1.98 bits per heavy atom. The van der Waals surface area contributed by atoms with Gasteiger partial charge in [-0.15, -0.1) is 0 Å². The van der Waals surface area contributed by atoms with E-state index in [0.717, 1.165) is 34.2 Å². The van der Waals surface area contributed by atoms with Crippen LogP contribution < -0.4 is 14.5 Å². The van der Waals surface area contributed by atoms with E-state index in [-0.39, 0.29) is 10.8 Å². The molecule has 0 bridgehead atoms. The van der Waals surface area contributed by atoms with Gasteiger partial charge in [0.2, 0.25) is 0 Å². The first-order chi connectivity index (χ1) is 25.8. The van der Waals surface area contributed by atoms with E-state index >= 15 is 0 Å². The minimum Gasteiger partial charge on any atom is -0.453 e. The molecule has 1 aliphatic carbocycles. The highest BCUT2D eigenvalue weighted by atomic mass is 16.5. The lowest BCUT2D eigenvalue weighted by molar-refractivity contribution is 0.472. The summed E-state index contributed by atoms with van der Waals surface area (Å²) in [4.78, 5) is 5.02. The van der Waals surface area contributed by atoms with Crippen LogP contribution in [0.5, 0.6) is 11.5 Å². The van der Waals surface area contributed by atoms with E-state index in [1.807, 2.05) is 0 Å². The number of ether oxygens (including phenoxy) is 1. The topological polar surface area (TPSA) is 15.7 Å². The molecular weight excluding hydrogens is 645 g/mol. The smallest absolute Gasteiger partial charge is 0.152 e. The van der Waals surface area contributed by atoms with Crippen molar-refractivity contribution in [3.05, 3.63) is 180 Å². The molecule has 0 N–H and O–H groups in total. The molecule has 0 fully saturated rings. The molecule has 2 aliphatic heterocycles. The number of benzene rings is 8. The number of rotatable bonds is 3. The molecular formula is C50H38N2O. The van der Waals surface area contributed by atoms with Gasteiger partial charge in [-0.05, 0) is 81.1 Å². The van der Waals surface area contributed by atoms with Crippen molar-refractivity contribution in [2.45, 2.75) is 38.5 Å². The van der Waals surface area contributed by atoms with Gasteiger partial charge in [-0.1, -0.05) is 143 Å². The number of hydrogen-bond acceptors (Lipinski definition) is 3. The number of fused-ring (bicyclic) bond motifs is 10. The SMILES string of the molecule is CC1(C)c2ccccc2-c2ccc(N(c3cccc4c3C(C)(C)c3cccc5c3N4c3c(ccc4ccccc34)O5)c3cccc4ccccc34)cc21. The Labute approximate surface area is 310 Å². The molecule has 254 valence electrons. The summed E-state index contributed by atoms with van der Waals surface area (Å²) in [5.41, 5.74) is 14.3. The second kappa shape index (κ2) is 10.6. The van der Waals surface area contributed by atoms with Gasteiger partial charge in [0.05, 0.1) is 28.4 Å². The Hall–Kier alpha value is -6.32. The quantitative estimate of drug-likeness (QED) is 0.184. The molecule has 53 heavy (non-hydrogen) atoms. The van der Waals surface area contributed by atoms with Crippen LogP contribution in [-0.4, -0.2) is 0 Å². The number of nitrogens with zero attached hydrogens (tertiary/aromatic N) is 2. The van der Waals surface area contributed by atoms with Crippen molar-refractivity contribution < 1.29 is 4.74 Å². The standard InChI is InChI=1S/C50H38N2O/c1-49(2)38-20-10-9-19-36(38)37-28-27-33(30-40(37)49)51(41-22-11-16-31-14-5-7-17-34(31)41)42-23-13-24-43-46(42)50(3,4)39-21-12-25-44-48(39)52(43)47-35-18-8-6-15-32(35)26-29-45(47)53-44/h5-30H,1-4H3. The highest BCUT2D eigenvalue weighted by Gasteiger charge is 2.44. The van der Waals surface area contributed by atoms with Crippen molar-refractivity contribution in [2.75, 3.05) is 9.80 Å². The fourth-order valence-corrected chi connectivity index (χ4v) is 9.68. The minimum atomic E-state index is -0.367. The highest BCUT2D eigenvalue weighted by Crippen LogP contribution is 2.63. The first-order valence-corrected chi connectivity index (χ1v) is 18.6. The monoisotopic (exact) mass is 682 g/mol. The molecule has 0 atom stereocenters. The predicted molar refractivity (Wildman–Crippen MR) is 221 cm³/mol. The molecule has 0 aromatic heterocycles. The first kappa shape index (κ1) is 30.3. The van der Waals surface area contributed by atoms with Gasteiger partial charge in [0.15, 0.2) is 11.5 Å². The van der Waals surface area contributed by atoms with Crippen LogP contribution in [0.15, 0.2) is 158 Å². The number of anilines is 6. The van der Waals surface area contributed by atoms with Gasteiger partial charge in [-0.3, -0.25) is 0 Å². The van der Waals surface area contributed by atoms with Crippen molar-refractivity contribution in [2.24, 2.45) is 0 Å². The highest BCUT2D eigenvalue weighted by molar-refractivity contribution is 6.08. The first-order valence-electron chi connectivity index (χ1n) is 18.6. The minimum absolute atomic E-state index is 0.129. The van der Waals surface area contributed by atoms with Gasteiger partial charge in [0.25, 0.3) is 0 Å². The normalized spacial score (nSPS) is 15.2. The maximum absolute atomic E-state index is 6.74. The second-order valence-electron chi connectivity index (χ2n) is 15.8. The molecule has 3 aliphatic rings. The van der Waals surface area contributed by atoms with Crippen LogP contribution >= 0.6 is 0 Å². The third kappa shape index (κ3) is 4.05. The van der Waals surface area contributed by atoms with Gasteiger partial charge >= 0.3 is 0 Å². The summed E-state index contributed by atoms with van der Waals surface area (Å²) >= 11 is 0. The van der Waals surface area contributed by atoms with Gasteiger partial charge in [-0.2, -0.15) is 0 Å². The molecule has 0 radical (unpaired) electrons. The van der Waals surface area contributed by atoms with Crippen LogP contribution in [0.2, 0.25) is 0 Å². The predicted octanol–water partition coefficient (Wildman–Crippen LogP) is 14.0. The average Bonchev–Trinajstić information content (AvgIpc) is 3.42. The average molecular weight is 683 g/mol. The van der Waals surface area contributed by atoms with Gasteiger partial charge in [0.1, 0.15) is 0 Å². The van der Waals surface area contributed by atoms with E-state index in [1.54, 1.807) is 0 Å². The number of hydrogen-bond donors (Lipinski definition) is 0. The van der Waals surface area contributed by atoms with Crippen molar-refractivity contribution in [1.82, 2.24) is 0 Å². The van der Waals surface area contributed by atoms with Crippen molar-refractivity contribution in [1.29, 1.82) is 0 Å². The summed E-state index contributed by atoms with van der Waals surface area (Å²) in [6.45, 7) is 9.49. The molecule has 8 aromatic carbocycles. The summed E-state index contributed by atoms with van der Waals surface area (Å²) in [5, 5.41) is 4.80. The van der Waals surface area contributed by atoms with E-state index in [0.29, 0.717) is 0 Å².